The second-order valence-electron chi connectivity index (χ2n) is 6.60. The Labute approximate surface area is 183 Å². The van der Waals surface area contributed by atoms with E-state index in [1.165, 1.54) is 33.1 Å². The number of aliphatic carboxylic acids is 1. The lowest BCUT2D eigenvalue weighted by Crippen LogP contribution is -2.48. The number of rotatable bonds is 6. The summed E-state index contributed by atoms with van der Waals surface area (Å²) in [6, 6.07) is 0. The summed E-state index contributed by atoms with van der Waals surface area (Å²) in [5.41, 5.74) is 5.58. The molecule has 1 fully saturated rings. The van der Waals surface area contributed by atoms with Crippen LogP contribution in [-0.4, -0.2) is 70.2 Å². The molecule has 1 aliphatic heterocycles. The normalized spacial score (nSPS) is 26.7. The molecule has 0 aliphatic carbocycles. The minimum Gasteiger partial charge on any atom is -0.479 e. The largest absolute Gasteiger partial charge is 0.479 e. The Morgan fingerprint density at radius 2 is 2.29 bits per heavy atom. The minimum atomic E-state index is -2.20. The Hall–Kier alpha value is -2.86. The Morgan fingerprint density at radius 3 is 2.94 bits per heavy atom. The summed E-state index contributed by atoms with van der Waals surface area (Å²) in [6.07, 6.45) is 1.17. The molecule has 0 spiro atoms. The predicted octanol–water partition coefficient (Wildman–Crippen LogP) is -0.0165. The monoisotopic (exact) mass is 466 g/mol. The maximum absolute atomic E-state index is 11.6. The molecule has 3 aromatic rings. The lowest BCUT2D eigenvalue weighted by molar-refractivity contribution is -0.157. The van der Waals surface area contributed by atoms with Crippen LogP contribution in [0.15, 0.2) is 17.2 Å². The number of halogens is 1. The zero-order chi connectivity index (χ0) is 22.3. The van der Waals surface area contributed by atoms with Crippen LogP contribution in [-0.2, 0) is 14.3 Å². The Morgan fingerprint density at radius 1 is 1.52 bits per heavy atom. The van der Waals surface area contributed by atoms with Gasteiger partial charge in [-0.15, -0.1) is 17.8 Å². The second-order valence-corrected chi connectivity index (χ2v) is 7.65. The standard InChI is InChI=1S/C17H15ClN6O6S/c1-2-17(28)8(3-29-10(15(26)27)7-4-31-6-21-7)30-14(11(17)25)24-5-20-9-12(19)22-16(18)23-13(9)24/h1,4-6,8,10-11,14,25,28H,3H2,(H,26,27)(H2,19,22,23)/t8-,10?,11+,14-,17-/m1/s1. The van der Waals surface area contributed by atoms with Crippen molar-refractivity contribution in [3.05, 3.63) is 28.2 Å². The van der Waals surface area contributed by atoms with Gasteiger partial charge in [-0.3, -0.25) is 4.57 Å². The van der Waals surface area contributed by atoms with Crippen LogP contribution in [0, 0.1) is 12.3 Å². The first-order valence-electron chi connectivity index (χ1n) is 8.68. The Balaban J connectivity index is 1.62. The van der Waals surface area contributed by atoms with Crippen LogP contribution in [0.3, 0.4) is 0 Å². The number of hydrogen-bond donors (Lipinski definition) is 4. The van der Waals surface area contributed by atoms with Gasteiger partial charge in [-0.25, -0.2) is 14.8 Å². The van der Waals surface area contributed by atoms with Gasteiger partial charge >= 0.3 is 5.97 Å². The molecule has 4 heterocycles. The van der Waals surface area contributed by atoms with E-state index in [9.17, 15) is 20.1 Å². The van der Waals surface area contributed by atoms with Crippen LogP contribution >= 0.6 is 22.9 Å². The molecule has 5 N–H and O–H groups in total. The molecule has 4 rings (SSSR count). The fourth-order valence-corrected chi connectivity index (χ4v) is 3.97. The molecule has 5 atom stereocenters. The number of thiazole rings is 1. The number of aliphatic hydroxyl groups is 2. The Bertz CT molecular complexity index is 1170. The molecule has 0 bridgehead atoms. The molecule has 0 amide bonds. The number of anilines is 1. The van der Waals surface area contributed by atoms with Crippen molar-refractivity contribution in [3.63, 3.8) is 0 Å². The zero-order valence-corrected chi connectivity index (χ0v) is 17.1. The summed E-state index contributed by atoms with van der Waals surface area (Å²) in [5, 5.41) is 32.4. The second kappa shape index (κ2) is 8.00. The van der Waals surface area contributed by atoms with Crippen molar-refractivity contribution in [3.8, 4) is 12.3 Å². The van der Waals surface area contributed by atoms with E-state index in [2.05, 4.69) is 25.9 Å². The highest BCUT2D eigenvalue weighted by Gasteiger charge is 2.56. The molecule has 0 radical (unpaired) electrons. The number of aliphatic hydroxyl groups excluding tert-OH is 1. The number of hydrogen-bond acceptors (Lipinski definition) is 11. The van der Waals surface area contributed by atoms with Crippen molar-refractivity contribution in [1.29, 1.82) is 0 Å². The smallest absolute Gasteiger partial charge is 0.339 e. The van der Waals surface area contributed by atoms with Gasteiger partial charge in [0.1, 0.15) is 17.7 Å². The van der Waals surface area contributed by atoms with E-state index in [0.29, 0.717) is 0 Å². The van der Waals surface area contributed by atoms with Crippen molar-refractivity contribution in [2.45, 2.75) is 30.1 Å². The first-order chi connectivity index (χ1) is 14.8. The van der Waals surface area contributed by atoms with Gasteiger partial charge < -0.3 is 30.5 Å². The summed E-state index contributed by atoms with van der Waals surface area (Å²) < 4.78 is 12.5. The lowest BCUT2D eigenvalue weighted by Gasteiger charge is -2.25. The van der Waals surface area contributed by atoms with E-state index in [1.54, 1.807) is 0 Å². The highest BCUT2D eigenvalue weighted by Crippen LogP contribution is 2.39. The molecule has 0 aromatic carbocycles. The van der Waals surface area contributed by atoms with Crippen LogP contribution in [0.2, 0.25) is 5.28 Å². The SMILES string of the molecule is C#C[C@@]1(O)[C@@H](COC(C(=O)O)c2cscn2)O[C@@H](n2cnc3c(N)nc(Cl)nc32)[C@@H]1O. The van der Waals surface area contributed by atoms with Crippen LogP contribution in [0.25, 0.3) is 11.2 Å². The summed E-state index contributed by atoms with van der Waals surface area (Å²) in [7, 11) is 0. The van der Waals surface area contributed by atoms with Gasteiger partial charge in [-0.1, -0.05) is 5.92 Å². The summed E-state index contributed by atoms with van der Waals surface area (Å²) >= 11 is 7.06. The van der Waals surface area contributed by atoms with Gasteiger partial charge in [0.05, 0.1) is 24.1 Å². The third-order valence-corrected chi connectivity index (χ3v) is 5.57. The number of ether oxygens (including phenoxy) is 2. The lowest BCUT2D eigenvalue weighted by atomic mass is 9.93. The van der Waals surface area contributed by atoms with E-state index in [0.717, 1.165) is 0 Å². The third kappa shape index (κ3) is 3.59. The molecular formula is C17H15ClN6O6S. The zero-order valence-electron chi connectivity index (χ0n) is 15.5. The van der Waals surface area contributed by atoms with Gasteiger partial charge in [-0.05, 0) is 11.6 Å². The average Bonchev–Trinajstić information content (AvgIpc) is 3.44. The quantitative estimate of drug-likeness (QED) is 0.283. The molecule has 31 heavy (non-hydrogen) atoms. The summed E-state index contributed by atoms with van der Waals surface area (Å²) in [4.78, 5) is 27.4. The number of nitrogen functional groups attached to an aromatic ring is 1. The number of aromatic nitrogens is 5. The van der Waals surface area contributed by atoms with Crippen molar-refractivity contribution >= 4 is 45.9 Å². The van der Waals surface area contributed by atoms with Crippen molar-refractivity contribution in [2.75, 3.05) is 12.3 Å². The van der Waals surface area contributed by atoms with E-state index < -0.39 is 42.7 Å². The summed E-state index contributed by atoms with van der Waals surface area (Å²) in [6.45, 7) is -0.451. The van der Waals surface area contributed by atoms with E-state index in [-0.39, 0.29) is 28.0 Å². The van der Waals surface area contributed by atoms with Crippen LogP contribution in [0.4, 0.5) is 5.82 Å². The molecule has 14 heteroatoms. The molecule has 0 saturated carbocycles. The number of nitrogens with two attached hydrogens (primary N) is 1. The minimum absolute atomic E-state index is 0.0147. The van der Waals surface area contributed by atoms with Gasteiger partial charge in [0.2, 0.25) is 5.28 Å². The van der Waals surface area contributed by atoms with Gasteiger partial charge in [0, 0.05) is 5.38 Å². The fraction of sp³-hybridized carbons (Fsp3) is 0.353. The predicted molar refractivity (Wildman–Crippen MR) is 107 cm³/mol. The maximum Gasteiger partial charge on any atom is 0.339 e. The van der Waals surface area contributed by atoms with Crippen molar-refractivity contribution in [1.82, 2.24) is 24.5 Å². The molecule has 3 aromatic heterocycles. The number of carboxylic acids is 1. The average molecular weight is 467 g/mol. The van der Waals surface area contributed by atoms with Crippen molar-refractivity contribution < 1.29 is 29.6 Å². The molecule has 162 valence electrons. The first-order valence-corrected chi connectivity index (χ1v) is 10.00. The van der Waals surface area contributed by atoms with Crippen LogP contribution < -0.4 is 5.73 Å². The third-order valence-electron chi connectivity index (χ3n) is 4.80. The molecule has 1 saturated heterocycles. The molecule has 1 aliphatic rings. The first kappa shape index (κ1) is 21.4. The Kier molecular flexibility index (Phi) is 5.52. The highest BCUT2D eigenvalue weighted by atomic mass is 35.5. The topological polar surface area (TPSA) is 179 Å². The number of imidazole rings is 1. The summed E-state index contributed by atoms with van der Waals surface area (Å²) in [5.74, 6) is 0.843. The van der Waals surface area contributed by atoms with E-state index in [4.69, 9.17) is 33.2 Å². The number of carbonyl (C=O) groups is 1. The van der Waals surface area contributed by atoms with E-state index in [1.807, 2.05) is 0 Å². The van der Waals surface area contributed by atoms with Gasteiger partial charge in [0.15, 0.2) is 29.4 Å². The van der Waals surface area contributed by atoms with Gasteiger partial charge in [0.25, 0.3) is 0 Å². The van der Waals surface area contributed by atoms with Crippen LogP contribution in [0.1, 0.15) is 18.0 Å². The maximum atomic E-state index is 11.6. The van der Waals surface area contributed by atoms with Crippen LogP contribution in [0.5, 0.6) is 0 Å². The fourth-order valence-electron chi connectivity index (χ4n) is 3.23. The molecule has 1 unspecified atom stereocenters. The number of carboxylic acid groups (broad SMARTS) is 1. The highest BCUT2D eigenvalue weighted by molar-refractivity contribution is 7.07. The van der Waals surface area contributed by atoms with Gasteiger partial charge in [-0.2, -0.15) is 9.97 Å². The number of terminal acetylenes is 1. The number of nitrogens with zero attached hydrogens (tertiary/aromatic N) is 5. The molecular weight excluding hydrogens is 452 g/mol. The molecule has 12 nitrogen and oxygen atoms in total. The van der Waals surface area contributed by atoms with E-state index >= 15 is 0 Å². The van der Waals surface area contributed by atoms with Crippen molar-refractivity contribution in [2.24, 2.45) is 0 Å². The number of fused-ring (bicyclic) bond motifs is 1.